The zero-order chi connectivity index (χ0) is 12.7. The Hall–Kier alpha value is -1.13. The Kier molecular flexibility index (Phi) is 2.99. The Morgan fingerprint density at radius 2 is 2.28 bits per heavy atom. The van der Waals surface area contributed by atoms with Gasteiger partial charge >= 0.3 is 0 Å². The van der Waals surface area contributed by atoms with Gasteiger partial charge in [0.1, 0.15) is 5.82 Å². The minimum Gasteiger partial charge on any atom is -0.334 e. The summed E-state index contributed by atoms with van der Waals surface area (Å²) >= 11 is 5.62. The van der Waals surface area contributed by atoms with Crippen molar-refractivity contribution in [3.05, 3.63) is 34.6 Å². The number of carbonyl (C=O) groups is 1. The van der Waals surface area contributed by atoms with Crippen LogP contribution in [0.4, 0.5) is 4.39 Å². The van der Waals surface area contributed by atoms with E-state index in [1.54, 1.807) is 6.07 Å². The van der Waals surface area contributed by atoms with Gasteiger partial charge in [-0.3, -0.25) is 4.79 Å². The molecule has 2 aliphatic heterocycles. The van der Waals surface area contributed by atoms with Crippen molar-refractivity contribution in [3.8, 4) is 0 Å². The van der Waals surface area contributed by atoms with Crippen LogP contribution in [0.1, 0.15) is 16.8 Å². The van der Waals surface area contributed by atoms with Crippen LogP contribution in [0.15, 0.2) is 18.2 Å². The highest BCUT2D eigenvalue weighted by molar-refractivity contribution is 6.30. The lowest BCUT2D eigenvalue weighted by molar-refractivity contribution is 0.0736. The van der Waals surface area contributed by atoms with Gasteiger partial charge in [-0.15, -0.1) is 0 Å². The molecule has 1 aromatic rings. The third kappa shape index (κ3) is 1.89. The van der Waals surface area contributed by atoms with Gasteiger partial charge in [0.05, 0.1) is 5.02 Å². The molecule has 0 aliphatic carbocycles. The second kappa shape index (κ2) is 4.52. The molecule has 0 radical (unpaired) electrons. The molecule has 2 aliphatic rings. The van der Waals surface area contributed by atoms with E-state index in [4.69, 9.17) is 11.6 Å². The van der Waals surface area contributed by atoms with Crippen LogP contribution >= 0.6 is 11.6 Å². The predicted molar refractivity (Wildman–Crippen MR) is 67.2 cm³/mol. The number of carbonyl (C=O) groups excluding carboxylic acids is 1. The van der Waals surface area contributed by atoms with Gasteiger partial charge in [-0.25, -0.2) is 4.39 Å². The molecule has 0 saturated carbocycles. The van der Waals surface area contributed by atoms with Gasteiger partial charge in [-0.1, -0.05) is 11.6 Å². The largest absolute Gasteiger partial charge is 0.334 e. The summed E-state index contributed by atoms with van der Waals surface area (Å²) in [7, 11) is 0. The van der Waals surface area contributed by atoms with Crippen molar-refractivity contribution < 1.29 is 9.18 Å². The van der Waals surface area contributed by atoms with Crippen molar-refractivity contribution in [3.63, 3.8) is 0 Å². The van der Waals surface area contributed by atoms with Crippen molar-refractivity contribution >= 4 is 17.5 Å². The first-order chi connectivity index (χ1) is 8.66. The smallest absolute Gasteiger partial charge is 0.254 e. The summed E-state index contributed by atoms with van der Waals surface area (Å²) in [6.45, 7) is 2.58. The molecule has 2 saturated heterocycles. The zero-order valence-corrected chi connectivity index (χ0v) is 10.6. The average molecular weight is 269 g/mol. The van der Waals surface area contributed by atoms with E-state index in [9.17, 15) is 9.18 Å². The fourth-order valence-electron chi connectivity index (χ4n) is 2.90. The number of amides is 1. The van der Waals surface area contributed by atoms with Gasteiger partial charge in [0, 0.05) is 31.2 Å². The number of hydrogen-bond acceptors (Lipinski definition) is 2. The Morgan fingerprint density at radius 3 is 3.06 bits per heavy atom. The third-order valence-electron chi connectivity index (χ3n) is 3.87. The van der Waals surface area contributed by atoms with E-state index in [1.165, 1.54) is 12.1 Å². The Bertz CT molecular complexity index is 494. The predicted octanol–water partition coefficient (Wildman–Crippen LogP) is 1.91. The summed E-state index contributed by atoms with van der Waals surface area (Å²) < 4.78 is 13.4. The number of rotatable bonds is 1. The number of fused-ring (bicyclic) bond motifs is 1. The second-order valence-corrected chi connectivity index (χ2v) is 5.31. The maximum atomic E-state index is 13.4. The lowest BCUT2D eigenvalue weighted by atomic mass is 10.0. The lowest BCUT2D eigenvalue weighted by Gasteiger charge is -2.23. The lowest BCUT2D eigenvalue weighted by Crippen LogP contribution is -2.39. The number of nitrogens with one attached hydrogen (secondary N) is 1. The molecule has 2 heterocycles. The summed E-state index contributed by atoms with van der Waals surface area (Å²) in [6.07, 6.45) is 1.03. The molecule has 1 N–H and O–H groups in total. The van der Waals surface area contributed by atoms with Crippen LogP contribution in [0.2, 0.25) is 5.02 Å². The SMILES string of the molecule is O=C(c1ccc(Cl)c(F)c1)N1CC[C@H]2CNC[C@H]21. The summed E-state index contributed by atoms with van der Waals surface area (Å²) in [4.78, 5) is 14.2. The standard InChI is InChI=1S/C13H14ClFN2O/c14-10-2-1-8(5-11(10)15)13(18)17-4-3-9-6-16-7-12(9)17/h1-2,5,9,12,16H,3-4,6-7H2/t9-,12+/m0/s1. The van der Waals surface area contributed by atoms with Gasteiger partial charge < -0.3 is 10.2 Å². The minimum absolute atomic E-state index is 0.0494. The van der Waals surface area contributed by atoms with Crippen LogP contribution in [-0.4, -0.2) is 36.5 Å². The Morgan fingerprint density at radius 1 is 1.44 bits per heavy atom. The van der Waals surface area contributed by atoms with E-state index in [0.29, 0.717) is 11.5 Å². The number of benzene rings is 1. The van der Waals surface area contributed by atoms with Crippen molar-refractivity contribution in [1.82, 2.24) is 10.2 Å². The molecule has 0 bridgehead atoms. The van der Waals surface area contributed by atoms with Gasteiger partial charge in [-0.2, -0.15) is 0 Å². The zero-order valence-electron chi connectivity index (χ0n) is 9.83. The molecular formula is C13H14ClFN2O. The molecule has 3 nitrogen and oxygen atoms in total. The van der Waals surface area contributed by atoms with Crippen molar-refractivity contribution in [2.45, 2.75) is 12.5 Å². The maximum Gasteiger partial charge on any atom is 0.254 e. The highest BCUT2D eigenvalue weighted by atomic mass is 35.5. The van der Waals surface area contributed by atoms with E-state index in [2.05, 4.69) is 5.32 Å². The molecule has 2 atom stereocenters. The fraction of sp³-hybridized carbons (Fsp3) is 0.462. The van der Waals surface area contributed by atoms with Gasteiger partial charge in [-0.05, 0) is 30.5 Å². The van der Waals surface area contributed by atoms with Crippen LogP contribution in [0.5, 0.6) is 0 Å². The van der Waals surface area contributed by atoms with Gasteiger partial charge in [0.25, 0.3) is 5.91 Å². The van der Waals surface area contributed by atoms with E-state index < -0.39 is 5.82 Å². The van der Waals surface area contributed by atoms with Gasteiger partial charge in [0.2, 0.25) is 0 Å². The molecular weight excluding hydrogens is 255 g/mol. The number of nitrogens with zero attached hydrogens (tertiary/aromatic N) is 1. The molecule has 5 heteroatoms. The van der Waals surface area contributed by atoms with Gasteiger partial charge in [0.15, 0.2) is 0 Å². The first-order valence-electron chi connectivity index (χ1n) is 6.13. The minimum atomic E-state index is -0.539. The summed E-state index contributed by atoms with van der Waals surface area (Å²) in [5, 5.41) is 3.34. The third-order valence-corrected chi connectivity index (χ3v) is 4.18. The van der Waals surface area contributed by atoms with Crippen LogP contribution in [0, 0.1) is 11.7 Å². The molecule has 96 valence electrons. The van der Waals surface area contributed by atoms with Crippen LogP contribution in [0.3, 0.4) is 0 Å². The fourth-order valence-corrected chi connectivity index (χ4v) is 3.01. The maximum absolute atomic E-state index is 13.4. The molecule has 18 heavy (non-hydrogen) atoms. The second-order valence-electron chi connectivity index (χ2n) is 4.90. The van der Waals surface area contributed by atoms with Crippen LogP contribution < -0.4 is 5.32 Å². The summed E-state index contributed by atoms with van der Waals surface area (Å²) in [6, 6.07) is 4.50. The molecule has 1 amide bonds. The molecule has 0 aromatic heterocycles. The number of hydrogen-bond donors (Lipinski definition) is 1. The topological polar surface area (TPSA) is 32.3 Å². The first kappa shape index (κ1) is 11.9. The Balaban J connectivity index is 1.84. The van der Waals surface area contributed by atoms with E-state index in [1.807, 2.05) is 4.90 Å². The van der Waals surface area contributed by atoms with Crippen molar-refractivity contribution in [1.29, 1.82) is 0 Å². The number of halogens is 2. The molecule has 2 fully saturated rings. The van der Waals surface area contributed by atoms with Crippen LogP contribution in [-0.2, 0) is 0 Å². The van der Waals surface area contributed by atoms with E-state index >= 15 is 0 Å². The number of likely N-dealkylation sites (tertiary alicyclic amines) is 1. The van der Waals surface area contributed by atoms with Crippen LogP contribution in [0.25, 0.3) is 0 Å². The molecule has 1 aromatic carbocycles. The quantitative estimate of drug-likeness (QED) is 0.844. The van der Waals surface area contributed by atoms with Crippen molar-refractivity contribution in [2.75, 3.05) is 19.6 Å². The normalized spacial score (nSPS) is 26.4. The molecule has 0 unspecified atom stereocenters. The summed E-state index contributed by atoms with van der Waals surface area (Å²) in [5.74, 6) is -0.0873. The highest BCUT2D eigenvalue weighted by Crippen LogP contribution is 2.29. The molecule has 0 spiro atoms. The molecule has 3 rings (SSSR count). The van der Waals surface area contributed by atoms with Crippen molar-refractivity contribution in [2.24, 2.45) is 5.92 Å². The van der Waals surface area contributed by atoms with E-state index in [0.717, 1.165) is 26.1 Å². The highest BCUT2D eigenvalue weighted by Gasteiger charge is 2.40. The summed E-state index contributed by atoms with van der Waals surface area (Å²) in [5.41, 5.74) is 0.379. The van der Waals surface area contributed by atoms with E-state index in [-0.39, 0.29) is 17.0 Å². The monoisotopic (exact) mass is 268 g/mol. The Labute approximate surface area is 110 Å². The first-order valence-corrected chi connectivity index (χ1v) is 6.51. The average Bonchev–Trinajstić information content (AvgIpc) is 2.93.